The highest BCUT2D eigenvalue weighted by molar-refractivity contribution is 5.82. The molecule has 3 N–H and O–H groups in total. The van der Waals surface area contributed by atoms with Gasteiger partial charge in [0.25, 0.3) is 0 Å². The third-order valence-corrected chi connectivity index (χ3v) is 3.75. The van der Waals surface area contributed by atoms with Gasteiger partial charge < -0.3 is 16.0 Å². The predicted octanol–water partition coefficient (Wildman–Crippen LogP) is -1.08. The second-order valence-electron chi connectivity index (χ2n) is 5.32. The van der Waals surface area contributed by atoms with Gasteiger partial charge in [0, 0.05) is 45.2 Å². The van der Waals surface area contributed by atoms with Gasteiger partial charge in [0.15, 0.2) is 0 Å². The van der Waals surface area contributed by atoms with Gasteiger partial charge in [-0.25, -0.2) is 0 Å². The molecule has 6 nitrogen and oxygen atoms in total. The third kappa shape index (κ3) is 4.47. The maximum Gasteiger partial charge on any atom is 0.237 e. The van der Waals surface area contributed by atoms with Crippen LogP contribution in [-0.4, -0.2) is 62.0 Å². The molecule has 1 atom stereocenters. The van der Waals surface area contributed by atoms with Crippen molar-refractivity contribution in [2.75, 3.05) is 39.3 Å². The predicted molar refractivity (Wildman–Crippen MR) is 72.6 cm³/mol. The van der Waals surface area contributed by atoms with E-state index < -0.39 is 0 Å². The molecule has 1 heterocycles. The molecule has 1 saturated heterocycles. The molecule has 19 heavy (non-hydrogen) atoms. The van der Waals surface area contributed by atoms with Crippen LogP contribution in [0.2, 0.25) is 0 Å². The maximum absolute atomic E-state index is 11.9. The minimum absolute atomic E-state index is 0.0440. The van der Waals surface area contributed by atoms with Crippen molar-refractivity contribution in [1.29, 1.82) is 0 Å². The number of hydrogen-bond donors (Lipinski definition) is 3. The summed E-state index contributed by atoms with van der Waals surface area (Å²) in [5, 5.41) is 8.99. The van der Waals surface area contributed by atoms with Gasteiger partial charge in [-0.1, -0.05) is 0 Å². The van der Waals surface area contributed by atoms with Crippen LogP contribution in [0.3, 0.4) is 0 Å². The van der Waals surface area contributed by atoms with Crippen LogP contribution in [0.1, 0.15) is 19.8 Å². The zero-order valence-electron chi connectivity index (χ0n) is 11.6. The zero-order valence-corrected chi connectivity index (χ0v) is 11.6. The molecule has 1 saturated carbocycles. The average Bonchev–Trinajstić information content (AvgIpc) is 3.27. The molecule has 2 aliphatic rings. The minimum atomic E-state index is -0.0961. The third-order valence-electron chi connectivity index (χ3n) is 3.75. The summed E-state index contributed by atoms with van der Waals surface area (Å²) in [5.74, 6) is 0.405. The van der Waals surface area contributed by atoms with Crippen LogP contribution in [0, 0.1) is 5.92 Å². The molecule has 0 aromatic heterocycles. The summed E-state index contributed by atoms with van der Waals surface area (Å²) in [6.45, 7) is 6.66. The molecule has 1 aliphatic heterocycles. The summed E-state index contributed by atoms with van der Waals surface area (Å²) in [5.41, 5.74) is 0. The van der Waals surface area contributed by atoms with Gasteiger partial charge in [-0.05, 0) is 19.8 Å². The fourth-order valence-electron chi connectivity index (χ4n) is 2.24. The summed E-state index contributed by atoms with van der Waals surface area (Å²) in [7, 11) is 0. The van der Waals surface area contributed by atoms with Gasteiger partial charge in [0.1, 0.15) is 0 Å². The van der Waals surface area contributed by atoms with Crippen LogP contribution in [0.25, 0.3) is 0 Å². The highest BCUT2D eigenvalue weighted by Crippen LogP contribution is 2.28. The number of carbonyl (C=O) groups excluding carboxylic acids is 2. The van der Waals surface area contributed by atoms with E-state index in [4.69, 9.17) is 0 Å². The van der Waals surface area contributed by atoms with E-state index in [0.29, 0.717) is 13.1 Å². The molecule has 0 spiro atoms. The largest absolute Gasteiger partial charge is 0.354 e. The van der Waals surface area contributed by atoms with Gasteiger partial charge >= 0.3 is 0 Å². The Morgan fingerprint density at radius 3 is 2.47 bits per heavy atom. The van der Waals surface area contributed by atoms with Crippen molar-refractivity contribution in [1.82, 2.24) is 20.9 Å². The number of piperazine rings is 1. The zero-order chi connectivity index (χ0) is 13.7. The molecule has 6 heteroatoms. The summed E-state index contributed by atoms with van der Waals surface area (Å²) in [4.78, 5) is 25.5. The topological polar surface area (TPSA) is 73.5 Å². The van der Waals surface area contributed by atoms with Crippen molar-refractivity contribution >= 4 is 11.8 Å². The minimum Gasteiger partial charge on any atom is -0.354 e. The van der Waals surface area contributed by atoms with Gasteiger partial charge in [-0.2, -0.15) is 0 Å². The Balaban J connectivity index is 1.58. The lowest BCUT2D eigenvalue weighted by molar-refractivity contribution is -0.126. The number of hydrogen-bond acceptors (Lipinski definition) is 4. The summed E-state index contributed by atoms with van der Waals surface area (Å²) in [6.07, 6.45) is 2.02. The molecular weight excluding hydrogens is 244 g/mol. The number of nitrogens with zero attached hydrogens (tertiary/aromatic N) is 1. The van der Waals surface area contributed by atoms with E-state index in [1.165, 1.54) is 0 Å². The Hall–Kier alpha value is -1.14. The van der Waals surface area contributed by atoms with Crippen molar-refractivity contribution in [3.8, 4) is 0 Å². The van der Waals surface area contributed by atoms with Crippen molar-refractivity contribution in [2.45, 2.75) is 25.8 Å². The maximum atomic E-state index is 11.9. The Morgan fingerprint density at radius 2 is 1.84 bits per heavy atom. The lowest BCUT2D eigenvalue weighted by atomic mass is 10.2. The van der Waals surface area contributed by atoms with Crippen LogP contribution in [-0.2, 0) is 9.59 Å². The molecule has 2 amide bonds. The second kappa shape index (κ2) is 6.86. The molecule has 1 aliphatic carbocycles. The van der Waals surface area contributed by atoms with Crippen LogP contribution in [0.4, 0.5) is 0 Å². The van der Waals surface area contributed by atoms with E-state index in [2.05, 4.69) is 20.9 Å². The molecule has 1 unspecified atom stereocenters. The molecular formula is C13H24N4O2. The number of rotatable bonds is 6. The van der Waals surface area contributed by atoms with E-state index in [0.717, 1.165) is 39.0 Å². The molecule has 0 aromatic rings. The highest BCUT2D eigenvalue weighted by atomic mass is 16.2. The van der Waals surface area contributed by atoms with Crippen LogP contribution in [0.5, 0.6) is 0 Å². The first-order valence-corrected chi connectivity index (χ1v) is 7.18. The van der Waals surface area contributed by atoms with E-state index in [-0.39, 0.29) is 23.8 Å². The Morgan fingerprint density at radius 1 is 1.21 bits per heavy atom. The van der Waals surface area contributed by atoms with E-state index >= 15 is 0 Å². The van der Waals surface area contributed by atoms with Gasteiger partial charge in [0.05, 0.1) is 6.04 Å². The van der Waals surface area contributed by atoms with Crippen molar-refractivity contribution < 1.29 is 9.59 Å². The summed E-state index contributed by atoms with van der Waals surface area (Å²) in [6, 6.07) is -0.0961. The van der Waals surface area contributed by atoms with Crippen LogP contribution in [0.15, 0.2) is 0 Å². The Kier molecular flexibility index (Phi) is 5.15. The van der Waals surface area contributed by atoms with Crippen molar-refractivity contribution in [3.63, 3.8) is 0 Å². The molecule has 0 bridgehead atoms. The van der Waals surface area contributed by atoms with E-state index in [1.807, 2.05) is 6.92 Å². The van der Waals surface area contributed by atoms with Gasteiger partial charge in [0.2, 0.25) is 11.8 Å². The second-order valence-corrected chi connectivity index (χ2v) is 5.32. The molecule has 0 aromatic carbocycles. The van der Waals surface area contributed by atoms with Crippen LogP contribution >= 0.6 is 0 Å². The Bertz CT molecular complexity index is 325. The number of amides is 2. The van der Waals surface area contributed by atoms with Gasteiger partial charge in [-0.3, -0.25) is 14.5 Å². The fraction of sp³-hybridized carbons (Fsp3) is 0.846. The standard InChI is InChI=1S/C13H24N4O2/c1-10(17-8-6-14-7-9-17)12(18)15-4-5-16-13(19)11-2-3-11/h10-11,14H,2-9H2,1H3,(H,15,18)(H,16,19). The molecule has 2 rings (SSSR count). The Labute approximate surface area is 114 Å². The van der Waals surface area contributed by atoms with E-state index in [9.17, 15) is 9.59 Å². The SMILES string of the molecule is CC(C(=O)NCCNC(=O)C1CC1)N1CCNCC1. The fourth-order valence-corrected chi connectivity index (χ4v) is 2.24. The van der Waals surface area contributed by atoms with Crippen molar-refractivity contribution in [2.24, 2.45) is 5.92 Å². The smallest absolute Gasteiger partial charge is 0.237 e. The van der Waals surface area contributed by atoms with E-state index in [1.54, 1.807) is 0 Å². The lowest BCUT2D eigenvalue weighted by Gasteiger charge is -2.31. The summed E-state index contributed by atoms with van der Waals surface area (Å²) < 4.78 is 0. The highest BCUT2D eigenvalue weighted by Gasteiger charge is 2.29. The first-order chi connectivity index (χ1) is 9.18. The first kappa shape index (κ1) is 14.3. The number of carbonyl (C=O) groups is 2. The van der Waals surface area contributed by atoms with Crippen LogP contribution < -0.4 is 16.0 Å². The average molecular weight is 268 g/mol. The van der Waals surface area contributed by atoms with Gasteiger partial charge in [-0.15, -0.1) is 0 Å². The summed E-state index contributed by atoms with van der Waals surface area (Å²) >= 11 is 0. The lowest BCUT2D eigenvalue weighted by Crippen LogP contribution is -2.53. The first-order valence-electron chi connectivity index (χ1n) is 7.18. The monoisotopic (exact) mass is 268 g/mol. The molecule has 108 valence electrons. The van der Waals surface area contributed by atoms with Crippen molar-refractivity contribution in [3.05, 3.63) is 0 Å². The quantitative estimate of drug-likeness (QED) is 0.536. The normalized spacial score (nSPS) is 21.7. The molecule has 0 radical (unpaired) electrons. The number of nitrogens with one attached hydrogen (secondary N) is 3. The molecule has 2 fully saturated rings.